The van der Waals surface area contributed by atoms with Crippen LogP contribution in [0.2, 0.25) is 0 Å². The topological polar surface area (TPSA) is 148 Å². The van der Waals surface area contributed by atoms with Gasteiger partial charge in [0.15, 0.2) is 6.10 Å². The van der Waals surface area contributed by atoms with Gasteiger partial charge < -0.3 is 25.5 Å². The van der Waals surface area contributed by atoms with Gasteiger partial charge in [0, 0.05) is 17.0 Å². The summed E-state index contributed by atoms with van der Waals surface area (Å²) in [6.45, 7) is 7.24. The van der Waals surface area contributed by atoms with Crippen molar-refractivity contribution in [2.75, 3.05) is 11.5 Å². The third-order valence-corrected chi connectivity index (χ3v) is 8.75. The van der Waals surface area contributed by atoms with Gasteiger partial charge in [-0.15, -0.1) is 0 Å². The number of nitrogens with zero attached hydrogens (tertiary/aromatic N) is 4. The maximum atomic E-state index is 13.0. The predicted molar refractivity (Wildman–Crippen MR) is 155 cm³/mol. The van der Waals surface area contributed by atoms with Crippen LogP contribution in [0.15, 0.2) is 48.9 Å². The number of hydrogen-bond donors (Lipinski definition) is 2. The van der Waals surface area contributed by atoms with E-state index in [9.17, 15) is 9.59 Å². The highest BCUT2D eigenvalue weighted by atomic mass is 16.6. The van der Waals surface area contributed by atoms with E-state index < -0.39 is 12.2 Å². The van der Waals surface area contributed by atoms with Crippen LogP contribution >= 0.6 is 0 Å². The first kappa shape index (κ1) is 27.0. The molecule has 0 radical (unpaired) electrons. The van der Waals surface area contributed by atoms with Crippen molar-refractivity contribution in [1.82, 2.24) is 19.5 Å². The molecule has 10 heteroatoms. The number of benzene rings is 1. The van der Waals surface area contributed by atoms with Gasteiger partial charge in [0.25, 0.3) is 0 Å². The number of ether oxygens (including phenoxy) is 2. The highest BCUT2D eigenvalue weighted by Crippen LogP contribution is 2.71. The van der Waals surface area contributed by atoms with E-state index in [4.69, 9.17) is 20.9 Å². The summed E-state index contributed by atoms with van der Waals surface area (Å²) < 4.78 is 14.5. The number of aryl methyl sites for hydroxylation is 1. The van der Waals surface area contributed by atoms with E-state index in [1.807, 2.05) is 42.8 Å². The molecule has 2 aliphatic rings. The van der Waals surface area contributed by atoms with Crippen LogP contribution in [-0.2, 0) is 25.5 Å². The summed E-state index contributed by atoms with van der Waals surface area (Å²) in [7, 11) is 0. The second kappa shape index (κ2) is 10.0. The van der Waals surface area contributed by atoms with E-state index >= 15 is 0 Å². The molecular formula is C31H36N6O4. The summed E-state index contributed by atoms with van der Waals surface area (Å²) in [6, 6.07) is 11.6. The Morgan fingerprint density at radius 1 is 1.02 bits per heavy atom. The molecule has 2 aliphatic carbocycles. The van der Waals surface area contributed by atoms with Crippen molar-refractivity contribution in [2.45, 2.75) is 65.2 Å². The second-order valence-corrected chi connectivity index (χ2v) is 12.1. The first-order chi connectivity index (χ1) is 19.6. The number of nitrogen functional groups attached to an aromatic ring is 2. The highest BCUT2D eigenvalue weighted by Gasteiger charge is 2.74. The van der Waals surface area contributed by atoms with Crippen LogP contribution in [0.25, 0.3) is 21.9 Å². The van der Waals surface area contributed by atoms with Gasteiger partial charge in [0.1, 0.15) is 29.7 Å². The Morgan fingerprint density at radius 3 is 2.54 bits per heavy atom. The van der Waals surface area contributed by atoms with E-state index in [0.717, 1.165) is 41.1 Å². The quantitative estimate of drug-likeness (QED) is 0.300. The van der Waals surface area contributed by atoms with Gasteiger partial charge in [-0.2, -0.15) is 0 Å². The number of pyridine rings is 1. The normalized spacial score (nSPS) is 25.1. The number of nitrogens with two attached hydrogens (primary N) is 2. The Bertz CT molecular complexity index is 1650. The van der Waals surface area contributed by atoms with Crippen molar-refractivity contribution in [3.63, 3.8) is 0 Å². The number of carbonyl (C=O) groups is 2. The van der Waals surface area contributed by atoms with Crippen molar-refractivity contribution in [1.29, 1.82) is 0 Å². The first-order valence-electron chi connectivity index (χ1n) is 14.2. The molecular weight excluding hydrogens is 520 g/mol. The van der Waals surface area contributed by atoms with Crippen molar-refractivity contribution in [3.8, 4) is 0 Å². The fourth-order valence-corrected chi connectivity index (χ4v) is 6.46. The Kier molecular flexibility index (Phi) is 6.59. The first-order valence-corrected chi connectivity index (χ1v) is 14.2. The number of rotatable bonds is 8. The van der Waals surface area contributed by atoms with Crippen molar-refractivity contribution in [2.24, 2.45) is 23.2 Å². The third-order valence-electron chi connectivity index (χ3n) is 8.75. The summed E-state index contributed by atoms with van der Waals surface area (Å²) in [5, 5.41) is 1.76. The molecule has 0 spiro atoms. The summed E-state index contributed by atoms with van der Waals surface area (Å²) >= 11 is 0. The monoisotopic (exact) mass is 556 g/mol. The molecule has 0 unspecified atom stereocenters. The van der Waals surface area contributed by atoms with Gasteiger partial charge in [-0.1, -0.05) is 33.8 Å². The van der Waals surface area contributed by atoms with Crippen LogP contribution in [0.5, 0.6) is 0 Å². The zero-order valence-corrected chi connectivity index (χ0v) is 23.8. The molecule has 0 bridgehead atoms. The SMILES string of the molecule is CC(C)C(=O)O[C@H]1[C@H](n2ccc3c(N)ncnc32)[C@H]2C[C@@]2(CCc2ccc3nc(N)ccc3c2)[C@H]1OC(=O)C(C)C. The van der Waals surface area contributed by atoms with Crippen LogP contribution in [0.1, 0.15) is 52.1 Å². The fraction of sp³-hybridized carbons (Fsp3) is 0.452. The Labute approximate surface area is 238 Å². The smallest absolute Gasteiger partial charge is 0.308 e. The number of hydrogen-bond acceptors (Lipinski definition) is 9. The molecule has 214 valence electrons. The fourth-order valence-electron chi connectivity index (χ4n) is 6.46. The molecule has 2 fully saturated rings. The Balaban J connectivity index is 1.38. The molecule has 4 aromatic rings. The number of aromatic nitrogens is 4. The average molecular weight is 557 g/mol. The van der Waals surface area contributed by atoms with Crippen LogP contribution in [0.3, 0.4) is 0 Å². The van der Waals surface area contributed by atoms with Gasteiger partial charge in [0.05, 0.1) is 28.8 Å². The van der Waals surface area contributed by atoms with E-state index in [0.29, 0.717) is 17.3 Å². The van der Waals surface area contributed by atoms with E-state index in [2.05, 4.69) is 27.1 Å². The molecule has 10 nitrogen and oxygen atoms in total. The molecule has 0 saturated heterocycles. The van der Waals surface area contributed by atoms with Crippen LogP contribution in [0, 0.1) is 23.2 Å². The van der Waals surface area contributed by atoms with Crippen LogP contribution in [0.4, 0.5) is 11.6 Å². The molecule has 3 aromatic heterocycles. The third kappa shape index (κ3) is 4.65. The number of anilines is 2. The average Bonchev–Trinajstić information content (AvgIpc) is 3.40. The summed E-state index contributed by atoms with van der Waals surface area (Å²) in [5.41, 5.74) is 14.3. The lowest BCUT2D eigenvalue weighted by molar-refractivity contribution is -0.177. The van der Waals surface area contributed by atoms with Gasteiger partial charge >= 0.3 is 11.9 Å². The molecule has 41 heavy (non-hydrogen) atoms. The number of carbonyl (C=O) groups excluding carboxylic acids is 2. The molecule has 3 heterocycles. The maximum Gasteiger partial charge on any atom is 0.308 e. The van der Waals surface area contributed by atoms with E-state index in [-0.39, 0.29) is 41.1 Å². The largest absolute Gasteiger partial charge is 0.458 e. The van der Waals surface area contributed by atoms with Gasteiger partial charge in [-0.25, -0.2) is 15.0 Å². The lowest BCUT2D eigenvalue weighted by Gasteiger charge is -2.32. The lowest BCUT2D eigenvalue weighted by atomic mass is 9.90. The Hall–Kier alpha value is -4.21. The minimum Gasteiger partial charge on any atom is -0.458 e. The van der Waals surface area contributed by atoms with E-state index in [1.54, 1.807) is 19.9 Å². The molecule has 6 rings (SSSR count). The van der Waals surface area contributed by atoms with Crippen molar-refractivity contribution >= 4 is 45.5 Å². The minimum absolute atomic E-state index is 0.117. The van der Waals surface area contributed by atoms with Crippen molar-refractivity contribution in [3.05, 3.63) is 54.5 Å². The zero-order chi connectivity index (χ0) is 29.1. The Morgan fingerprint density at radius 2 is 1.78 bits per heavy atom. The van der Waals surface area contributed by atoms with Crippen molar-refractivity contribution < 1.29 is 19.1 Å². The minimum atomic E-state index is -0.665. The summed E-state index contributed by atoms with van der Waals surface area (Å²) in [4.78, 5) is 39.1. The molecule has 1 aromatic carbocycles. The second-order valence-electron chi connectivity index (χ2n) is 12.1. The van der Waals surface area contributed by atoms with Gasteiger partial charge in [-0.05, 0) is 61.1 Å². The molecule has 5 atom stereocenters. The molecule has 0 amide bonds. The molecule has 4 N–H and O–H groups in total. The van der Waals surface area contributed by atoms with Crippen LogP contribution < -0.4 is 11.5 Å². The predicted octanol–water partition coefficient (Wildman–Crippen LogP) is 4.47. The standard InChI is InChI=1S/C31H36N6O4/c1-16(2)29(38)40-25-24(37-12-10-20-27(33)34-15-35-28(20)37)21-14-31(21,26(25)41-30(39)17(3)4)11-9-18-5-7-22-19(13-18)6-8-23(32)36-22/h5-8,10,12-13,15-17,21,24-26H,9,11,14H2,1-4H3,(H2,32,36)(H2,33,34,35)/t21-,24-,25+,26+,31-/m1/s1. The highest BCUT2D eigenvalue weighted by molar-refractivity contribution is 5.86. The number of fused-ring (bicyclic) bond motifs is 3. The lowest BCUT2D eigenvalue weighted by Crippen LogP contribution is -2.42. The van der Waals surface area contributed by atoms with Crippen LogP contribution in [-0.4, -0.2) is 43.7 Å². The molecule has 0 aliphatic heterocycles. The maximum absolute atomic E-state index is 13.0. The zero-order valence-electron chi connectivity index (χ0n) is 23.8. The summed E-state index contributed by atoms with van der Waals surface area (Å²) in [5.74, 6) is -0.275. The molecule has 2 saturated carbocycles. The summed E-state index contributed by atoms with van der Waals surface area (Å²) in [6.07, 6.45) is 4.49. The van der Waals surface area contributed by atoms with E-state index in [1.165, 1.54) is 6.33 Å². The number of esters is 2. The van der Waals surface area contributed by atoms with Gasteiger partial charge in [0.2, 0.25) is 0 Å². The van der Waals surface area contributed by atoms with Gasteiger partial charge in [-0.3, -0.25) is 9.59 Å².